The van der Waals surface area contributed by atoms with Crippen LogP contribution in [0.2, 0.25) is 0 Å². The van der Waals surface area contributed by atoms with Crippen molar-refractivity contribution < 1.29 is 13.9 Å². The third-order valence-corrected chi connectivity index (χ3v) is 1.67. The summed E-state index contributed by atoms with van der Waals surface area (Å²) in [5.74, 6) is -2.97. The quantitative estimate of drug-likeness (QED) is 0.642. The van der Waals surface area contributed by atoms with Crippen LogP contribution in [0.25, 0.3) is 0 Å². The van der Waals surface area contributed by atoms with Crippen LogP contribution in [0.3, 0.4) is 0 Å². The minimum Gasteiger partial charge on any atom is -0.387 e. The van der Waals surface area contributed by atoms with Gasteiger partial charge in [0.1, 0.15) is 6.10 Å². The third-order valence-electron chi connectivity index (χ3n) is 1.67. The van der Waals surface area contributed by atoms with Gasteiger partial charge in [-0.3, -0.25) is 0 Å². The summed E-state index contributed by atoms with van der Waals surface area (Å²) in [4.78, 5) is 0. The lowest BCUT2D eigenvalue weighted by Crippen LogP contribution is -2.32. The van der Waals surface area contributed by atoms with Gasteiger partial charge in [-0.25, -0.2) is 8.78 Å². The van der Waals surface area contributed by atoms with Crippen LogP contribution in [0.1, 0.15) is 33.1 Å². The van der Waals surface area contributed by atoms with Gasteiger partial charge in [0, 0.05) is 6.42 Å². The second-order valence-corrected chi connectivity index (χ2v) is 2.77. The smallest absolute Gasteiger partial charge is 0.276 e. The van der Waals surface area contributed by atoms with Crippen molar-refractivity contribution in [3.05, 3.63) is 12.2 Å². The SMILES string of the molecule is CCC=CCC(F)(F)C(O)CC. The van der Waals surface area contributed by atoms with Gasteiger partial charge in [-0.2, -0.15) is 0 Å². The summed E-state index contributed by atoms with van der Waals surface area (Å²) in [6.07, 6.45) is 2.05. The van der Waals surface area contributed by atoms with Crippen LogP contribution in [-0.2, 0) is 0 Å². The summed E-state index contributed by atoms with van der Waals surface area (Å²) in [5.41, 5.74) is 0. The minimum atomic E-state index is -2.97. The second kappa shape index (κ2) is 5.25. The van der Waals surface area contributed by atoms with Crippen molar-refractivity contribution in [2.24, 2.45) is 0 Å². The van der Waals surface area contributed by atoms with Gasteiger partial charge in [0.2, 0.25) is 0 Å². The van der Waals surface area contributed by atoms with Crippen molar-refractivity contribution in [2.45, 2.75) is 45.1 Å². The zero-order chi connectivity index (χ0) is 9.61. The van der Waals surface area contributed by atoms with E-state index in [1.165, 1.54) is 6.08 Å². The van der Waals surface area contributed by atoms with E-state index in [-0.39, 0.29) is 12.8 Å². The summed E-state index contributed by atoms with van der Waals surface area (Å²) in [7, 11) is 0. The first-order valence-corrected chi connectivity index (χ1v) is 4.25. The van der Waals surface area contributed by atoms with Crippen molar-refractivity contribution in [1.82, 2.24) is 0 Å². The van der Waals surface area contributed by atoms with Crippen molar-refractivity contribution in [3.63, 3.8) is 0 Å². The highest BCUT2D eigenvalue weighted by Crippen LogP contribution is 2.25. The molecule has 1 unspecified atom stereocenters. The molecule has 12 heavy (non-hydrogen) atoms. The molecule has 0 fully saturated rings. The highest BCUT2D eigenvalue weighted by Gasteiger charge is 2.35. The standard InChI is InChI=1S/C9H16F2O/c1-3-5-6-7-9(10,11)8(12)4-2/h5-6,8,12H,3-4,7H2,1-2H3. The molecule has 0 spiro atoms. The molecule has 0 aliphatic heterocycles. The Balaban J connectivity index is 3.94. The van der Waals surface area contributed by atoms with Crippen molar-refractivity contribution in [1.29, 1.82) is 0 Å². The van der Waals surface area contributed by atoms with Crippen LogP contribution in [0.15, 0.2) is 12.2 Å². The molecular weight excluding hydrogens is 162 g/mol. The van der Waals surface area contributed by atoms with Gasteiger partial charge >= 0.3 is 0 Å². The van der Waals surface area contributed by atoms with E-state index in [4.69, 9.17) is 5.11 Å². The average Bonchev–Trinajstić information content (AvgIpc) is 2.03. The molecule has 3 heteroatoms. The molecule has 1 atom stereocenters. The van der Waals surface area contributed by atoms with Gasteiger partial charge in [0.05, 0.1) is 0 Å². The first-order valence-electron chi connectivity index (χ1n) is 4.25. The van der Waals surface area contributed by atoms with E-state index in [1.54, 1.807) is 13.0 Å². The van der Waals surface area contributed by atoms with E-state index < -0.39 is 12.0 Å². The fourth-order valence-electron chi connectivity index (χ4n) is 0.842. The van der Waals surface area contributed by atoms with E-state index in [0.717, 1.165) is 6.42 Å². The number of halogens is 2. The molecule has 1 N–H and O–H groups in total. The maximum atomic E-state index is 12.8. The molecule has 0 aromatic heterocycles. The van der Waals surface area contributed by atoms with E-state index in [0.29, 0.717) is 0 Å². The molecule has 0 bridgehead atoms. The van der Waals surface area contributed by atoms with Gasteiger partial charge in [-0.1, -0.05) is 26.0 Å². The predicted octanol–water partition coefficient (Wildman–Crippen LogP) is 2.75. The monoisotopic (exact) mass is 178 g/mol. The van der Waals surface area contributed by atoms with Crippen molar-refractivity contribution in [2.75, 3.05) is 0 Å². The highest BCUT2D eigenvalue weighted by molar-refractivity contribution is 4.89. The van der Waals surface area contributed by atoms with Crippen molar-refractivity contribution >= 4 is 0 Å². The summed E-state index contributed by atoms with van der Waals surface area (Å²) in [6, 6.07) is 0. The molecule has 0 saturated carbocycles. The first kappa shape index (κ1) is 11.6. The Kier molecular flexibility index (Phi) is 5.06. The minimum absolute atomic E-state index is 0.0902. The van der Waals surface area contributed by atoms with Gasteiger partial charge in [-0.05, 0) is 12.8 Å². The molecule has 0 aromatic carbocycles. The summed E-state index contributed by atoms with van der Waals surface area (Å²) in [6.45, 7) is 3.42. The zero-order valence-electron chi connectivity index (χ0n) is 7.56. The molecule has 0 radical (unpaired) electrons. The molecule has 0 saturated heterocycles. The number of hydrogen-bond acceptors (Lipinski definition) is 1. The third kappa shape index (κ3) is 3.81. The number of aliphatic hydroxyl groups is 1. The lowest BCUT2D eigenvalue weighted by atomic mass is 10.1. The molecule has 0 amide bonds. The number of rotatable bonds is 5. The lowest BCUT2D eigenvalue weighted by molar-refractivity contribution is -0.106. The summed E-state index contributed by atoms with van der Waals surface area (Å²) >= 11 is 0. The van der Waals surface area contributed by atoms with E-state index >= 15 is 0 Å². The Labute approximate surface area is 72.1 Å². The maximum absolute atomic E-state index is 12.8. The van der Waals surface area contributed by atoms with Crippen molar-refractivity contribution in [3.8, 4) is 0 Å². The van der Waals surface area contributed by atoms with E-state index in [9.17, 15) is 8.78 Å². The lowest BCUT2D eigenvalue weighted by Gasteiger charge is -2.19. The van der Waals surface area contributed by atoms with Crippen LogP contribution in [-0.4, -0.2) is 17.1 Å². The van der Waals surface area contributed by atoms with Gasteiger partial charge in [0.15, 0.2) is 0 Å². The Bertz CT molecular complexity index is 143. The number of alkyl halides is 2. The maximum Gasteiger partial charge on any atom is 0.276 e. The molecule has 72 valence electrons. The highest BCUT2D eigenvalue weighted by atomic mass is 19.3. The van der Waals surface area contributed by atoms with Crippen LogP contribution in [0, 0.1) is 0 Å². The van der Waals surface area contributed by atoms with Gasteiger partial charge in [-0.15, -0.1) is 0 Å². The Hall–Kier alpha value is -0.440. The summed E-state index contributed by atoms with van der Waals surface area (Å²) < 4.78 is 25.7. The molecule has 0 rings (SSSR count). The molecule has 0 aliphatic rings. The van der Waals surface area contributed by atoms with Crippen LogP contribution < -0.4 is 0 Å². The van der Waals surface area contributed by atoms with Crippen LogP contribution in [0.4, 0.5) is 8.78 Å². The topological polar surface area (TPSA) is 20.2 Å². The summed E-state index contributed by atoms with van der Waals surface area (Å²) in [5, 5.41) is 8.90. The largest absolute Gasteiger partial charge is 0.387 e. The number of allylic oxidation sites excluding steroid dienone is 2. The average molecular weight is 178 g/mol. The van der Waals surface area contributed by atoms with E-state index in [2.05, 4.69) is 0 Å². The Morgan fingerprint density at radius 1 is 1.33 bits per heavy atom. The Morgan fingerprint density at radius 3 is 2.33 bits per heavy atom. The number of hydrogen-bond donors (Lipinski definition) is 1. The zero-order valence-corrected chi connectivity index (χ0v) is 7.56. The molecule has 0 heterocycles. The Morgan fingerprint density at radius 2 is 1.92 bits per heavy atom. The van der Waals surface area contributed by atoms with Gasteiger partial charge < -0.3 is 5.11 Å². The normalized spacial score (nSPS) is 15.4. The fourth-order valence-corrected chi connectivity index (χ4v) is 0.842. The molecule has 1 nitrogen and oxygen atoms in total. The van der Waals surface area contributed by atoms with Gasteiger partial charge in [0.25, 0.3) is 5.92 Å². The predicted molar refractivity (Wildman–Crippen MR) is 45.3 cm³/mol. The van der Waals surface area contributed by atoms with Crippen LogP contribution in [0.5, 0.6) is 0 Å². The molecular formula is C9H16F2O. The molecule has 0 aromatic rings. The second-order valence-electron chi connectivity index (χ2n) is 2.77. The van der Waals surface area contributed by atoms with Crippen LogP contribution >= 0.6 is 0 Å². The number of aliphatic hydroxyl groups excluding tert-OH is 1. The van der Waals surface area contributed by atoms with E-state index in [1.807, 2.05) is 6.92 Å². The fraction of sp³-hybridized carbons (Fsp3) is 0.778. The first-order chi connectivity index (χ1) is 5.54. The molecule has 0 aliphatic carbocycles.